The summed E-state index contributed by atoms with van der Waals surface area (Å²) in [6, 6.07) is 0. The summed E-state index contributed by atoms with van der Waals surface area (Å²) in [6.07, 6.45) is 31.6. The van der Waals surface area contributed by atoms with Gasteiger partial charge in [-0.25, -0.2) is 4.79 Å². The van der Waals surface area contributed by atoms with Gasteiger partial charge in [0.1, 0.15) is 18.8 Å². The Morgan fingerprint density at radius 2 is 1.00 bits per heavy atom. The number of aliphatic hydroxyl groups is 2. The van der Waals surface area contributed by atoms with Crippen molar-refractivity contribution in [2.24, 2.45) is 0 Å². The quantitative estimate of drug-likeness (QED) is 0.0230. The third-order valence-electron chi connectivity index (χ3n) is 11.2. The van der Waals surface area contributed by atoms with Gasteiger partial charge in [-0.15, -0.1) is 0 Å². The Morgan fingerprint density at radius 1 is 0.540 bits per heavy atom. The van der Waals surface area contributed by atoms with Crippen LogP contribution in [0.4, 0.5) is 0 Å². The highest BCUT2D eigenvalue weighted by atomic mass is 16.7. The molecule has 1 aliphatic heterocycles. The smallest absolute Gasteiger partial charge is 0.335 e. The average Bonchev–Trinajstić information content (AvgIpc) is 3.26. The SMILES string of the molecule is CC/C=C\C/C=C\C/C=C\CCCCCC(=O)OC1C(OCC(COC(=O)CCCCCCCCCCCCC)OC(=O)CCCCCCCCCCC)OC(C(=O)O)C(O)C1O. The van der Waals surface area contributed by atoms with Gasteiger partial charge in [0.2, 0.25) is 0 Å². The van der Waals surface area contributed by atoms with E-state index in [0.29, 0.717) is 19.3 Å². The van der Waals surface area contributed by atoms with E-state index in [1.807, 2.05) is 0 Å². The number of carboxylic acid groups (broad SMARTS) is 1. The molecule has 0 aromatic heterocycles. The molecule has 1 heterocycles. The molecule has 1 saturated heterocycles. The number of esters is 3. The Balaban J connectivity index is 2.76. The van der Waals surface area contributed by atoms with Gasteiger partial charge in [-0.1, -0.05) is 179 Å². The number of hydrogen-bond donors (Lipinski definition) is 3. The molecule has 63 heavy (non-hydrogen) atoms. The zero-order chi connectivity index (χ0) is 46.2. The number of hydrogen-bond acceptors (Lipinski definition) is 11. The van der Waals surface area contributed by atoms with E-state index in [4.69, 9.17) is 23.7 Å². The molecule has 364 valence electrons. The van der Waals surface area contributed by atoms with E-state index in [1.54, 1.807) is 0 Å². The van der Waals surface area contributed by atoms with Gasteiger partial charge in [-0.2, -0.15) is 0 Å². The van der Waals surface area contributed by atoms with Crippen molar-refractivity contribution in [1.29, 1.82) is 0 Å². The Hall–Kier alpha value is -3.06. The molecule has 1 fully saturated rings. The van der Waals surface area contributed by atoms with Crippen molar-refractivity contribution in [3.8, 4) is 0 Å². The Morgan fingerprint density at radius 3 is 1.52 bits per heavy atom. The number of carbonyl (C=O) groups is 4. The summed E-state index contributed by atoms with van der Waals surface area (Å²) in [6.45, 7) is 5.80. The molecular weight excluding hydrogens is 805 g/mol. The van der Waals surface area contributed by atoms with E-state index < -0.39 is 67.3 Å². The van der Waals surface area contributed by atoms with Gasteiger partial charge in [0.15, 0.2) is 24.6 Å². The summed E-state index contributed by atoms with van der Waals surface area (Å²) in [4.78, 5) is 50.6. The van der Waals surface area contributed by atoms with Crippen LogP contribution < -0.4 is 0 Å². The number of aliphatic carboxylic acids is 1. The second kappa shape index (κ2) is 40.4. The van der Waals surface area contributed by atoms with Gasteiger partial charge in [0, 0.05) is 19.3 Å². The summed E-state index contributed by atoms with van der Waals surface area (Å²) in [5, 5.41) is 31.2. The zero-order valence-corrected chi connectivity index (χ0v) is 39.6. The van der Waals surface area contributed by atoms with Crippen LogP contribution in [0.3, 0.4) is 0 Å². The third-order valence-corrected chi connectivity index (χ3v) is 11.2. The first-order valence-electron chi connectivity index (χ1n) is 25.0. The lowest BCUT2D eigenvalue weighted by Gasteiger charge is -2.40. The number of carboxylic acids is 1. The standard InChI is InChI=1S/C51H88O12/c1-4-7-10-13-16-19-21-22-24-27-30-33-36-39-45(54)62-49-47(56)46(55)48(50(57)58)63-51(49)60-41-42(61-44(53)38-35-32-29-25-18-15-12-9-6-3)40-59-43(52)37-34-31-28-26-23-20-17-14-11-8-5-2/h7,10,16,19,22,24,42,46-49,51,55-56H,4-6,8-9,11-15,17-18,20-21,23,25-41H2,1-3H3,(H,57,58)/b10-7-,19-16-,24-22-. The second-order valence-corrected chi connectivity index (χ2v) is 17.1. The molecule has 1 rings (SSSR count). The molecule has 3 N–H and O–H groups in total. The maximum Gasteiger partial charge on any atom is 0.335 e. The maximum atomic E-state index is 13.0. The van der Waals surface area contributed by atoms with E-state index in [-0.39, 0.29) is 25.9 Å². The molecule has 0 amide bonds. The molecule has 0 spiro atoms. The predicted molar refractivity (Wildman–Crippen MR) is 248 cm³/mol. The molecule has 0 aromatic rings. The monoisotopic (exact) mass is 893 g/mol. The topological polar surface area (TPSA) is 175 Å². The van der Waals surface area contributed by atoms with Crippen molar-refractivity contribution >= 4 is 23.9 Å². The van der Waals surface area contributed by atoms with E-state index in [0.717, 1.165) is 77.0 Å². The summed E-state index contributed by atoms with van der Waals surface area (Å²) in [5.41, 5.74) is 0. The number of rotatable bonds is 41. The fourth-order valence-electron chi connectivity index (χ4n) is 7.38. The predicted octanol–water partition coefficient (Wildman–Crippen LogP) is 11.3. The van der Waals surface area contributed by atoms with Crippen LogP contribution in [0.15, 0.2) is 36.5 Å². The minimum Gasteiger partial charge on any atom is -0.479 e. The average molecular weight is 893 g/mol. The summed E-state index contributed by atoms with van der Waals surface area (Å²) in [7, 11) is 0. The van der Waals surface area contributed by atoms with Crippen LogP contribution in [-0.2, 0) is 42.9 Å². The van der Waals surface area contributed by atoms with Gasteiger partial charge < -0.3 is 39.0 Å². The summed E-state index contributed by atoms with van der Waals surface area (Å²) < 4.78 is 28.2. The largest absolute Gasteiger partial charge is 0.479 e. The maximum absolute atomic E-state index is 13.0. The van der Waals surface area contributed by atoms with E-state index in [9.17, 15) is 34.5 Å². The Kier molecular flexibility index (Phi) is 37.2. The lowest BCUT2D eigenvalue weighted by molar-refractivity contribution is -0.301. The number of ether oxygens (including phenoxy) is 5. The van der Waals surface area contributed by atoms with E-state index in [1.165, 1.54) is 77.0 Å². The van der Waals surface area contributed by atoms with Crippen molar-refractivity contribution in [2.75, 3.05) is 13.2 Å². The molecule has 12 nitrogen and oxygen atoms in total. The van der Waals surface area contributed by atoms with Crippen LogP contribution in [0.25, 0.3) is 0 Å². The van der Waals surface area contributed by atoms with Crippen LogP contribution in [-0.4, -0.2) is 89.2 Å². The molecule has 6 atom stereocenters. The van der Waals surface area contributed by atoms with Crippen molar-refractivity contribution < 1.29 is 58.2 Å². The van der Waals surface area contributed by atoms with E-state index in [2.05, 4.69) is 57.2 Å². The van der Waals surface area contributed by atoms with Gasteiger partial charge in [0.05, 0.1) is 6.61 Å². The number of aliphatic hydroxyl groups excluding tert-OH is 2. The molecule has 0 radical (unpaired) electrons. The third kappa shape index (κ3) is 31.5. The Labute approximate surface area is 381 Å². The fourth-order valence-corrected chi connectivity index (χ4v) is 7.38. The second-order valence-electron chi connectivity index (χ2n) is 17.1. The van der Waals surface area contributed by atoms with Gasteiger partial charge >= 0.3 is 23.9 Å². The zero-order valence-electron chi connectivity index (χ0n) is 39.6. The van der Waals surface area contributed by atoms with Crippen LogP contribution in [0, 0.1) is 0 Å². The first-order valence-corrected chi connectivity index (χ1v) is 25.0. The van der Waals surface area contributed by atoms with Crippen molar-refractivity contribution in [3.63, 3.8) is 0 Å². The first kappa shape index (κ1) is 58.0. The lowest BCUT2D eigenvalue weighted by atomic mass is 9.98. The number of carbonyl (C=O) groups excluding carboxylic acids is 3. The molecule has 12 heteroatoms. The highest BCUT2D eigenvalue weighted by Crippen LogP contribution is 2.26. The van der Waals surface area contributed by atoms with Crippen LogP contribution >= 0.6 is 0 Å². The molecule has 1 aliphatic rings. The van der Waals surface area contributed by atoms with Crippen LogP contribution in [0.5, 0.6) is 0 Å². The summed E-state index contributed by atoms with van der Waals surface area (Å²) >= 11 is 0. The summed E-state index contributed by atoms with van der Waals surface area (Å²) in [5.74, 6) is -3.15. The minimum atomic E-state index is -1.91. The van der Waals surface area contributed by atoms with Crippen molar-refractivity contribution in [3.05, 3.63) is 36.5 Å². The Bertz CT molecular complexity index is 1250. The number of allylic oxidation sites excluding steroid dienone is 6. The van der Waals surface area contributed by atoms with Crippen molar-refractivity contribution in [1.82, 2.24) is 0 Å². The molecule has 6 unspecified atom stereocenters. The minimum absolute atomic E-state index is 0.0281. The first-order chi connectivity index (χ1) is 30.6. The van der Waals surface area contributed by atoms with Crippen LogP contribution in [0.1, 0.15) is 213 Å². The molecule has 0 aliphatic carbocycles. The van der Waals surface area contributed by atoms with Crippen LogP contribution in [0.2, 0.25) is 0 Å². The normalized spacial score (nSPS) is 19.5. The van der Waals surface area contributed by atoms with Gasteiger partial charge in [0.25, 0.3) is 0 Å². The lowest BCUT2D eigenvalue weighted by Crippen LogP contribution is -2.61. The van der Waals surface area contributed by atoms with Gasteiger partial charge in [-0.3, -0.25) is 14.4 Å². The highest BCUT2D eigenvalue weighted by Gasteiger charge is 2.50. The molecule has 0 aromatic carbocycles. The van der Waals surface area contributed by atoms with E-state index >= 15 is 0 Å². The van der Waals surface area contributed by atoms with Gasteiger partial charge in [-0.05, 0) is 51.4 Å². The fraction of sp³-hybridized carbons (Fsp3) is 0.804. The number of unbranched alkanes of at least 4 members (excludes halogenated alkanes) is 21. The highest BCUT2D eigenvalue weighted by molar-refractivity contribution is 5.74. The molecule has 0 saturated carbocycles. The molecular formula is C51H88O12. The van der Waals surface area contributed by atoms with Crippen molar-refractivity contribution in [2.45, 2.75) is 250 Å². The molecule has 0 bridgehead atoms.